The van der Waals surface area contributed by atoms with Gasteiger partial charge in [-0.2, -0.15) is 0 Å². The molecule has 4 atom stereocenters. The predicted octanol–water partition coefficient (Wildman–Crippen LogP) is 1.68. The topological polar surface area (TPSA) is 84.9 Å². The molecule has 6 nitrogen and oxygen atoms in total. The van der Waals surface area contributed by atoms with E-state index >= 15 is 0 Å². The number of carbonyl (C=O) groups is 2. The van der Waals surface area contributed by atoms with Crippen LogP contribution in [-0.2, 0) is 14.3 Å². The third kappa shape index (κ3) is 2.25. The summed E-state index contributed by atoms with van der Waals surface area (Å²) in [5.74, 6) is -2.32. The number of anilines is 1. The lowest BCUT2D eigenvalue weighted by molar-refractivity contribution is -0.146. The van der Waals surface area contributed by atoms with E-state index in [1.54, 1.807) is 50.5 Å². The quantitative estimate of drug-likeness (QED) is 0.827. The summed E-state index contributed by atoms with van der Waals surface area (Å²) in [6.45, 7) is 1.74. The van der Waals surface area contributed by atoms with Crippen LogP contribution in [0.25, 0.3) is 0 Å². The summed E-state index contributed by atoms with van der Waals surface area (Å²) in [6, 6.07) is 6.86. The van der Waals surface area contributed by atoms with Gasteiger partial charge in [-0.25, -0.2) is 0 Å². The Kier molecular flexibility index (Phi) is 3.41. The molecule has 6 heteroatoms. The van der Waals surface area contributed by atoms with Crippen LogP contribution in [0.3, 0.4) is 0 Å². The van der Waals surface area contributed by atoms with Gasteiger partial charge >= 0.3 is 5.97 Å². The van der Waals surface area contributed by atoms with Gasteiger partial charge in [0.15, 0.2) is 0 Å². The first-order chi connectivity index (χ1) is 10.4. The average Bonchev–Trinajstić information content (AvgIpc) is 3.01. The Labute approximate surface area is 127 Å². The van der Waals surface area contributed by atoms with E-state index in [0.717, 1.165) is 0 Å². The lowest BCUT2D eigenvalue weighted by atomic mass is 9.75. The van der Waals surface area contributed by atoms with Crippen molar-refractivity contribution in [2.45, 2.75) is 18.6 Å². The Morgan fingerprint density at radius 3 is 2.59 bits per heavy atom. The van der Waals surface area contributed by atoms with Gasteiger partial charge in [0.25, 0.3) is 0 Å². The van der Waals surface area contributed by atoms with Crippen molar-refractivity contribution in [1.29, 1.82) is 0 Å². The molecule has 22 heavy (non-hydrogen) atoms. The SMILES string of the molecule is COc1ccc(NC(=O)C2C(C(=O)O)C3C=CC2(C)O3)cc1. The van der Waals surface area contributed by atoms with Crippen molar-refractivity contribution in [1.82, 2.24) is 0 Å². The van der Waals surface area contributed by atoms with Crippen LogP contribution in [0.15, 0.2) is 36.4 Å². The molecular formula is C16H17NO5. The number of ether oxygens (including phenoxy) is 2. The molecule has 0 spiro atoms. The summed E-state index contributed by atoms with van der Waals surface area (Å²) >= 11 is 0. The maximum atomic E-state index is 12.6. The monoisotopic (exact) mass is 303 g/mol. The number of carbonyl (C=O) groups excluding carboxylic acids is 1. The zero-order valence-electron chi connectivity index (χ0n) is 12.3. The van der Waals surface area contributed by atoms with E-state index in [-0.39, 0.29) is 5.91 Å². The normalized spacial score (nSPS) is 32.0. The molecule has 0 aliphatic carbocycles. The molecule has 3 rings (SSSR count). The molecule has 2 N–H and O–H groups in total. The van der Waals surface area contributed by atoms with Gasteiger partial charge in [0.05, 0.1) is 24.7 Å². The van der Waals surface area contributed by atoms with Crippen molar-refractivity contribution in [2.75, 3.05) is 12.4 Å². The predicted molar refractivity (Wildman–Crippen MR) is 78.7 cm³/mol. The highest BCUT2D eigenvalue weighted by molar-refractivity contribution is 5.97. The molecule has 4 unspecified atom stereocenters. The summed E-state index contributed by atoms with van der Waals surface area (Å²) < 4.78 is 10.7. The number of fused-ring (bicyclic) bond motifs is 2. The number of aliphatic carboxylic acids is 1. The fraction of sp³-hybridized carbons (Fsp3) is 0.375. The fourth-order valence-corrected chi connectivity index (χ4v) is 3.17. The molecule has 0 radical (unpaired) electrons. The number of methoxy groups -OCH3 is 1. The number of rotatable bonds is 4. The summed E-state index contributed by atoms with van der Waals surface area (Å²) in [7, 11) is 1.56. The van der Waals surface area contributed by atoms with E-state index in [1.807, 2.05) is 0 Å². The molecule has 1 aromatic carbocycles. The van der Waals surface area contributed by atoms with Crippen LogP contribution in [-0.4, -0.2) is 35.8 Å². The number of carboxylic acids is 1. The van der Waals surface area contributed by atoms with Gasteiger partial charge in [-0.15, -0.1) is 0 Å². The van der Waals surface area contributed by atoms with Crippen LogP contribution in [0.4, 0.5) is 5.69 Å². The standard InChI is InChI=1S/C16H17NO5/c1-16-8-7-11(22-16)12(15(19)20)13(16)14(18)17-9-3-5-10(21-2)6-4-9/h3-8,11-13H,1-2H3,(H,17,18)(H,19,20). The summed E-state index contributed by atoms with van der Waals surface area (Å²) in [4.78, 5) is 24.0. The zero-order valence-corrected chi connectivity index (χ0v) is 12.3. The number of benzene rings is 1. The van der Waals surface area contributed by atoms with Crippen LogP contribution >= 0.6 is 0 Å². The summed E-state index contributed by atoms with van der Waals surface area (Å²) in [5.41, 5.74) is -0.283. The highest BCUT2D eigenvalue weighted by Crippen LogP contribution is 2.47. The van der Waals surface area contributed by atoms with Crippen molar-refractivity contribution >= 4 is 17.6 Å². The molecule has 1 fully saturated rings. The first-order valence-corrected chi connectivity index (χ1v) is 6.99. The Hall–Kier alpha value is -2.34. The molecule has 0 aromatic heterocycles. The lowest BCUT2D eigenvalue weighted by Crippen LogP contribution is -2.44. The summed E-state index contributed by atoms with van der Waals surface area (Å²) in [6.07, 6.45) is 2.94. The zero-order chi connectivity index (χ0) is 15.9. The van der Waals surface area contributed by atoms with Gasteiger partial charge in [-0.3, -0.25) is 9.59 Å². The third-order valence-corrected chi connectivity index (χ3v) is 4.26. The van der Waals surface area contributed by atoms with Crippen LogP contribution in [0.5, 0.6) is 5.75 Å². The number of hydrogen-bond donors (Lipinski definition) is 2. The minimum absolute atomic E-state index is 0.355. The third-order valence-electron chi connectivity index (χ3n) is 4.26. The largest absolute Gasteiger partial charge is 0.497 e. The minimum Gasteiger partial charge on any atom is -0.497 e. The van der Waals surface area contributed by atoms with Gasteiger partial charge in [-0.05, 0) is 31.2 Å². The highest BCUT2D eigenvalue weighted by atomic mass is 16.5. The number of amides is 1. The van der Waals surface area contributed by atoms with Crippen molar-refractivity contribution in [2.24, 2.45) is 11.8 Å². The molecule has 2 aliphatic heterocycles. The van der Waals surface area contributed by atoms with Gasteiger partial charge in [0.2, 0.25) is 5.91 Å². The van der Waals surface area contributed by atoms with E-state index in [2.05, 4.69) is 5.32 Å². The maximum absolute atomic E-state index is 12.6. The van der Waals surface area contributed by atoms with Gasteiger partial charge in [0, 0.05) is 5.69 Å². The van der Waals surface area contributed by atoms with E-state index < -0.39 is 29.5 Å². The molecule has 2 aliphatic rings. The lowest BCUT2D eigenvalue weighted by Gasteiger charge is -2.27. The van der Waals surface area contributed by atoms with E-state index in [0.29, 0.717) is 11.4 Å². The van der Waals surface area contributed by atoms with Crippen LogP contribution in [0.1, 0.15) is 6.92 Å². The Balaban J connectivity index is 1.81. The molecule has 1 aromatic rings. The molecule has 116 valence electrons. The average molecular weight is 303 g/mol. The molecular weight excluding hydrogens is 286 g/mol. The second-order valence-corrected chi connectivity index (χ2v) is 5.68. The molecule has 2 heterocycles. The molecule has 1 saturated heterocycles. The smallest absolute Gasteiger partial charge is 0.310 e. The second-order valence-electron chi connectivity index (χ2n) is 5.68. The van der Waals surface area contributed by atoms with E-state index in [4.69, 9.17) is 9.47 Å². The first-order valence-electron chi connectivity index (χ1n) is 6.99. The Morgan fingerprint density at radius 1 is 1.32 bits per heavy atom. The van der Waals surface area contributed by atoms with Crippen molar-refractivity contribution < 1.29 is 24.2 Å². The first kappa shape index (κ1) is 14.6. The van der Waals surface area contributed by atoms with Crippen LogP contribution in [0, 0.1) is 11.8 Å². The van der Waals surface area contributed by atoms with Crippen molar-refractivity contribution in [3.63, 3.8) is 0 Å². The number of hydrogen-bond acceptors (Lipinski definition) is 4. The maximum Gasteiger partial charge on any atom is 0.310 e. The van der Waals surface area contributed by atoms with Crippen molar-refractivity contribution in [3.05, 3.63) is 36.4 Å². The van der Waals surface area contributed by atoms with Gasteiger partial charge in [-0.1, -0.05) is 12.2 Å². The van der Waals surface area contributed by atoms with E-state index in [1.165, 1.54) is 0 Å². The minimum atomic E-state index is -1.02. The van der Waals surface area contributed by atoms with E-state index in [9.17, 15) is 14.7 Å². The second kappa shape index (κ2) is 5.14. The van der Waals surface area contributed by atoms with Gasteiger partial charge < -0.3 is 19.9 Å². The molecule has 1 amide bonds. The Bertz CT molecular complexity index is 638. The summed E-state index contributed by atoms with van der Waals surface area (Å²) in [5, 5.41) is 12.2. The van der Waals surface area contributed by atoms with Gasteiger partial charge in [0.1, 0.15) is 11.7 Å². The highest BCUT2D eigenvalue weighted by Gasteiger charge is 2.59. The van der Waals surface area contributed by atoms with Crippen molar-refractivity contribution in [3.8, 4) is 5.75 Å². The van der Waals surface area contributed by atoms with Crippen LogP contribution in [0.2, 0.25) is 0 Å². The number of nitrogens with one attached hydrogen (secondary N) is 1. The molecule has 0 saturated carbocycles. The number of carboxylic acid groups (broad SMARTS) is 1. The van der Waals surface area contributed by atoms with Crippen LogP contribution < -0.4 is 10.1 Å². The Morgan fingerprint density at radius 2 is 2.00 bits per heavy atom. The fourth-order valence-electron chi connectivity index (χ4n) is 3.17. The molecule has 2 bridgehead atoms.